The number of halogens is 3. The van der Waals surface area contributed by atoms with Crippen LogP contribution in [0.1, 0.15) is 13.8 Å². The Hall–Kier alpha value is -2.11. The molecule has 0 radical (unpaired) electrons. The SMILES string of the molecule is CC(C)(C(=O)Nc1cc(Cl)cc(Cl)c1)C(=O)Nc1ccccc1F. The predicted octanol–water partition coefficient (Wildman–Crippen LogP) is 4.74. The van der Waals surface area contributed by atoms with Crippen molar-refractivity contribution in [2.75, 3.05) is 10.6 Å². The quantitative estimate of drug-likeness (QED) is 0.765. The van der Waals surface area contributed by atoms with Gasteiger partial charge in [-0.05, 0) is 44.2 Å². The summed E-state index contributed by atoms with van der Waals surface area (Å²) in [6, 6.07) is 10.3. The molecule has 2 aromatic rings. The first-order valence-electron chi connectivity index (χ1n) is 7.03. The third kappa shape index (κ3) is 4.24. The Kier molecular flexibility index (Phi) is 5.47. The number of amides is 2. The number of nitrogens with one attached hydrogen (secondary N) is 2. The highest BCUT2D eigenvalue weighted by molar-refractivity contribution is 6.35. The third-order valence-electron chi connectivity index (χ3n) is 3.38. The predicted molar refractivity (Wildman–Crippen MR) is 93.9 cm³/mol. The van der Waals surface area contributed by atoms with E-state index in [-0.39, 0.29) is 5.69 Å². The van der Waals surface area contributed by atoms with Crippen molar-refractivity contribution < 1.29 is 14.0 Å². The van der Waals surface area contributed by atoms with Crippen molar-refractivity contribution in [2.24, 2.45) is 5.41 Å². The summed E-state index contributed by atoms with van der Waals surface area (Å²) in [5.74, 6) is -1.79. The molecular weight excluding hydrogens is 354 g/mol. The molecule has 0 aliphatic rings. The van der Waals surface area contributed by atoms with E-state index in [9.17, 15) is 14.0 Å². The van der Waals surface area contributed by atoms with Crippen molar-refractivity contribution in [3.63, 3.8) is 0 Å². The third-order valence-corrected chi connectivity index (χ3v) is 3.81. The highest BCUT2D eigenvalue weighted by Gasteiger charge is 2.36. The summed E-state index contributed by atoms with van der Waals surface area (Å²) in [7, 11) is 0. The smallest absolute Gasteiger partial charge is 0.239 e. The molecule has 2 amide bonds. The largest absolute Gasteiger partial charge is 0.325 e. The zero-order valence-electron chi connectivity index (χ0n) is 13.0. The van der Waals surface area contributed by atoms with Gasteiger partial charge in [0.05, 0.1) is 5.69 Å². The molecule has 24 heavy (non-hydrogen) atoms. The molecule has 0 saturated carbocycles. The minimum atomic E-state index is -1.45. The van der Waals surface area contributed by atoms with E-state index in [0.29, 0.717) is 15.7 Å². The lowest BCUT2D eigenvalue weighted by atomic mass is 9.90. The monoisotopic (exact) mass is 368 g/mol. The number of carbonyl (C=O) groups excluding carboxylic acids is 2. The lowest BCUT2D eigenvalue weighted by Crippen LogP contribution is -2.41. The van der Waals surface area contributed by atoms with Gasteiger partial charge >= 0.3 is 0 Å². The number of benzene rings is 2. The first-order valence-corrected chi connectivity index (χ1v) is 7.79. The molecule has 0 bridgehead atoms. The van der Waals surface area contributed by atoms with Gasteiger partial charge in [0.1, 0.15) is 11.2 Å². The van der Waals surface area contributed by atoms with Crippen molar-refractivity contribution >= 4 is 46.4 Å². The topological polar surface area (TPSA) is 58.2 Å². The van der Waals surface area contributed by atoms with Crippen LogP contribution in [0.4, 0.5) is 15.8 Å². The Balaban J connectivity index is 2.14. The van der Waals surface area contributed by atoms with Crippen molar-refractivity contribution in [3.05, 3.63) is 58.3 Å². The molecule has 0 aromatic heterocycles. The molecule has 2 aromatic carbocycles. The summed E-state index contributed by atoms with van der Waals surface area (Å²) in [4.78, 5) is 24.8. The summed E-state index contributed by atoms with van der Waals surface area (Å²) >= 11 is 11.8. The van der Waals surface area contributed by atoms with Gasteiger partial charge in [0, 0.05) is 15.7 Å². The molecule has 0 unspecified atom stereocenters. The van der Waals surface area contributed by atoms with Crippen LogP contribution in [0.25, 0.3) is 0 Å². The molecule has 0 heterocycles. The van der Waals surface area contributed by atoms with E-state index in [0.717, 1.165) is 0 Å². The lowest BCUT2D eigenvalue weighted by Gasteiger charge is -2.23. The molecule has 0 aliphatic carbocycles. The molecule has 7 heteroatoms. The average Bonchev–Trinajstić information content (AvgIpc) is 2.48. The molecule has 0 atom stereocenters. The van der Waals surface area contributed by atoms with E-state index in [1.807, 2.05) is 0 Å². The Labute approximate surface area is 149 Å². The van der Waals surface area contributed by atoms with Crippen molar-refractivity contribution in [3.8, 4) is 0 Å². The van der Waals surface area contributed by atoms with E-state index in [1.165, 1.54) is 50.2 Å². The minimum Gasteiger partial charge on any atom is -0.325 e. The molecular formula is C17H15Cl2FN2O2. The molecule has 0 aliphatic heterocycles. The molecule has 0 fully saturated rings. The van der Waals surface area contributed by atoms with Crippen LogP contribution in [0, 0.1) is 11.2 Å². The second-order valence-corrected chi connectivity index (χ2v) is 6.54. The molecule has 2 N–H and O–H groups in total. The Bertz CT molecular complexity index is 774. The number of hydrogen-bond acceptors (Lipinski definition) is 2. The van der Waals surface area contributed by atoms with Crippen LogP contribution >= 0.6 is 23.2 Å². The van der Waals surface area contributed by atoms with Gasteiger partial charge in [0.15, 0.2) is 0 Å². The molecule has 2 rings (SSSR count). The van der Waals surface area contributed by atoms with E-state index in [4.69, 9.17) is 23.2 Å². The molecule has 126 valence electrons. The van der Waals surface area contributed by atoms with Gasteiger partial charge in [-0.15, -0.1) is 0 Å². The summed E-state index contributed by atoms with van der Waals surface area (Å²) < 4.78 is 13.6. The van der Waals surface area contributed by atoms with Crippen LogP contribution in [0.5, 0.6) is 0 Å². The first kappa shape index (κ1) is 18.2. The maximum atomic E-state index is 13.6. The Morgan fingerprint density at radius 2 is 1.50 bits per heavy atom. The fourth-order valence-corrected chi connectivity index (χ4v) is 2.38. The lowest BCUT2D eigenvalue weighted by molar-refractivity contribution is -0.135. The molecule has 0 spiro atoms. The number of rotatable bonds is 4. The van der Waals surface area contributed by atoms with Gasteiger partial charge in [-0.3, -0.25) is 9.59 Å². The van der Waals surface area contributed by atoms with Crippen molar-refractivity contribution in [1.82, 2.24) is 0 Å². The van der Waals surface area contributed by atoms with Gasteiger partial charge < -0.3 is 10.6 Å². The van der Waals surface area contributed by atoms with Crippen molar-refractivity contribution in [2.45, 2.75) is 13.8 Å². The van der Waals surface area contributed by atoms with Gasteiger partial charge in [-0.2, -0.15) is 0 Å². The maximum absolute atomic E-state index is 13.6. The van der Waals surface area contributed by atoms with Crippen molar-refractivity contribution in [1.29, 1.82) is 0 Å². The Morgan fingerprint density at radius 3 is 2.08 bits per heavy atom. The first-order chi connectivity index (χ1) is 11.2. The van der Waals surface area contributed by atoms with Crippen LogP contribution in [0.2, 0.25) is 10.0 Å². The second kappa shape index (κ2) is 7.20. The fraction of sp³-hybridized carbons (Fsp3) is 0.176. The minimum absolute atomic E-state index is 0.00850. The van der Waals surface area contributed by atoms with Crippen LogP contribution in [0.3, 0.4) is 0 Å². The van der Waals surface area contributed by atoms with Crippen LogP contribution in [0.15, 0.2) is 42.5 Å². The standard InChI is InChI=1S/C17H15Cl2FN2O2/c1-17(2,16(24)22-14-6-4-3-5-13(14)20)15(23)21-12-8-10(18)7-11(19)9-12/h3-9H,1-2H3,(H,21,23)(H,22,24). The summed E-state index contributed by atoms with van der Waals surface area (Å²) in [5.41, 5.74) is -1.07. The van der Waals surface area contributed by atoms with Gasteiger partial charge in [0.2, 0.25) is 11.8 Å². The Morgan fingerprint density at radius 1 is 0.958 bits per heavy atom. The van der Waals surface area contributed by atoms with E-state index >= 15 is 0 Å². The number of hydrogen-bond donors (Lipinski definition) is 2. The average molecular weight is 369 g/mol. The zero-order chi connectivity index (χ0) is 17.9. The van der Waals surface area contributed by atoms with Gasteiger partial charge in [-0.1, -0.05) is 35.3 Å². The molecule has 0 saturated heterocycles. The summed E-state index contributed by atoms with van der Waals surface area (Å²) in [6.45, 7) is 2.87. The highest BCUT2D eigenvalue weighted by atomic mass is 35.5. The second-order valence-electron chi connectivity index (χ2n) is 5.67. The number of carbonyl (C=O) groups is 2. The molecule has 4 nitrogen and oxygen atoms in total. The summed E-state index contributed by atoms with van der Waals surface area (Å²) in [6.07, 6.45) is 0. The van der Waals surface area contributed by atoms with E-state index < -0.39 is 23.0 Å². The van der Waals surface area contributed by atoms with Crippen LogP contribution in [-0.4, -0.2) is 11.8 Å². The maximum Gasteiger partial charge on any atom is 0.239 e. The van der Waals surface area contributed by atoms with E-state index in [2.05, 4.69) is 10.6 Å². The number of para-hydroxylation sites is 1. The highest BCUT2D eigenvalue weighted by Crippen LogP contribution is 2.26. The van der Waals surface area contributed by atoms with Gasteiger partial charge in [0.25, 0.3) is 0 Å². The zero-order valence-corrected chi connectivity index (χ0v) is 14.5. The van der Waals surface area contributed by atoms with Gasteiger partial charge in [-0.25, -0.2) is 4.39 Å². The fourth-order valence-electron chi connectivity index (χ4n) is 1.86. The van der Waals surface area contributed by atoms with E-state index in [1.54, 1.807) is 6.07 Å². The van der Waals surface area contributed by atoms with Crippen LogP contribution in [-0.2, 0) is 9.59 Å². The van der Waals surface area contributed by atoms with Crippen LogP contribution < -0.4 is 10.6 Å². The summed E-state index contributed by atoms with van der Waals surface area (Å²) in [5, 5.41) is 5.70. The number of anilines is 2. The normalized spacial score (nSPS) is 11.0.